The molecule has 1 aromatic heterocycles. The molecule has 1 N–H and O–H groups in total. The van der Waals surface area contributed by atoms with Crippen LogP contribution in [0.2, 0.25) is 0 Å². The van der Waals surface area contributed by atoms with Crippen molar-refractivity contribution < 1.29 is 14.3 Å². The molecule has 2 aromatic rings. The van der Waals surface area contributed by atoms with Crippen LogP contribution in [0.3, 0.4) is 0 Å². The van der Waals surface area contributed by atoms with Crippen LogP contribution in [0, 0.1) is 17.4 Å². The molecule has 0 atom stereocenters. The van der Waals surface area contributed by atoms with Gasteiger partial charge in [0.1, 0.15) is 0 Å². The van der Waals surface area contributed by atoms with Gasteiger partial charge in [-0.15, -0.1) is 0 Å². The molecule has 2 heterocycles. The Morgan fingerprint density at radius 3 is 2.70 bits per heavy atom. The minimum atomic E-state index is -0.341. The fraction of sp³-hybridized carbons (Fsp3) is 0.391. The Bertz CT molecular complexity index is 1010. The fourth-order valence-corrected chi connectivity index (χ4v) is 4.30. The van der Waals surface area contributed by atoms with Crippen LogP contribution in [0.1, 0.15) is 46.2 Å². The second kappa shape index (κ2) is 9.34. The highest BCUT2D eigenvalue weighted by molar-refractivity contribution is 14.1. The van der Waals surface area contributed by atoms with E-state index in [0.717, 1.165) is 44.7 Å². The predicted octanol–water partition coefficient (Wildman–Crippen LogP) is 4.25. The van der Waals surface area contributed by atoms with Crippen molar-refractivity contribution in [3.8, 4) is 0 Å². The lowest BCUT2D eigenvalue weighted by Gasteiger charge is -2.18. The number of hydrogen-bond acceptors (Lipinski definition) is 4. The van der Waals surface area contributed by atoms with Gasteiger partial charge in [0.05, 0.1) is 23.4 Å². The van der Waals surface area contributed by atoms with E-state index in [4.69, 9.17) is 4.74 Å². The summed E-state index contributed by atoms with van der Waals surface area (Å²) >= 11 is 2.27. The van der Waals surface area contributed by atoms with Crippen LogP contribution in [0.5, 0.6) is 0 Å². The van der Waals surface area contributed by atoms with E-state index >= 15 is 0 Å². The van der Waals surface area contributed by atoms with Crippen LogP contribution in [-0.4, -0.2) is 55.6 Å². The Labute approximate surface area is 191 Å². The number of amides is 1. The molecule has 0 saturated heterocycles. The lowest BCUT2D eigenvalue weighted by molar-refractivity contribution is -0.113. The van der Waals surface area contributed by atoms with Gasteiger partial charge in [-0.3, -0.25) is 4.79 Å². The zero-order valence-corrected chi connectivity index (χ0v) is 20.3. The van der Waals surface area contributed by atoms with Crippen molar-refractivity contribution in [1.29, 1.82) is 0 Å². The van der Waals surface area contributed by atoms with E-state index in [1.54, 1.807) is 6.92 Å². The van der Waals surface area contributed by atoms with Gasteiger partial charge in [-0.25, -0.2) is 4.79 Å². The summed E-state index contributed by atoms with van der Waals surface area (Å²) in [5.74, 6) is -0.346. The van der Waals surface area contributed by atoms with Crippen LogP contribution >= 0.6 is 22.6 Å². The standard InChI is InChI=1S/C23H28IN3O3/c1-6-30-23(29)21-14(2)19(25-15(21)3)13-18-17-12-16(24)8-9-20(17)27(22(18)28)11-7-10-26(4)5/h8-9,12-13,25H,6-7,10-11H2,1-5H3/b18-13-. The third kappa shape index (κ3) is 4.46. The lowest BCUT2D eigenvalue weighted by atomic mass is 10.0. The minimum absolute atomic E-state index is 0.00454. The van der Waals surface area contributed by atoms with Crippen molar-refractivity contribution in [3.63, 3.8) is 0 Å². The minimum Gasteiger partial charge on any atom is -0.462 e. The molecule has 1 aliphatic heterocycles. The first-order chi connectivity index (χ1) is 14.2. The van der Waals surface area contributed by atoms with Gasteiger partial charge in [0.2, 0.25) is 0 Å². The monoisotopic (exact) mass is 521 g/mol. The smallest absolute Gasteiger partial charge is 0.340 e. The third-order valence-corrected chi connectivity index (χ3v) is 5.92. The zero-order chi connectivity index (χ0) is 22.0. The van der Waals surface area contributed by atoms with Crippen LogP contribution < -0.4 is 4.90 Å². The van der Waals surface area contributed by atoms with Gasteiger partial charge in [0, 0.05) is 27.1 Å². The molecular formula is C23H28IN3O3. The number of nitrogens with one attached hydrogen (secondary N) is 1. The second-order valence-corrected chi connectivity index (χ2v) is 8.96. The predicted molar refractivity (Wildman–Crippen MR) is 129 cm³/mol. The van der Waals surface area contributed by atoms with Gasteiger partial charge in [0.15, 0.2) is 0 Å². The van der Waals surface area contributed by atoms with Gasteiger partial charge in [-0.2, -0.15) is 0 Å². The summed E-state index contributed by atoms with van der Waals surface area (Å²) in [6.45, 7) is 7.43. The molecule has 1 aromatic carbocycles. The molecule has 1 amide bonds. The van der Waals surface area contributed by atoms with Crippen LogP contribution in [-0.2, 0) is 9.53 Å². The highest BCUT2D eigenvalue weighted by Gasteiger charge is 2.32. The van der Waals surface area contributed by atoms with Crippen LogP contribution in [0.4, 0.5) is 5.69 Å². The average molecular weight is 521 g/mol. The van der Waals surface area contributed by atoms with E-state index in [0.29, 0.717) is 24.3 Å². The highest BCUT2D eigenvalue weighted by Crippen LogP contribution is 2.39. The Kier molecular flexibility index (Phi) is 7.02. The van der Waals surface area contributed by atoms with Gasteiger partial charge >= 0.3 is 5.97 Å². The second-order valence-electron chi connectivity index (χ2n) is 7.72. The van der Waals surface area contributed by atoms with Crippen molar-refractivity contribution >= 4 is 51.8 Å². The normalized spacial score (nSPS) is 14.7. The highest BCUT2D eigenvalue weighted by atomic mass is 127. The largest absolute Gasteiger partial charge is 0.462 e. The molecule has 0 fully saturated rings. The molecule has 0 bridgehead atoms. The summed E-state index contributed by atoms with van der Waals surface area (Å²) < 4.78 is 6.26. The molecule has 0 aliphatic carbocycles. The number of fused-ring (bicyclic) bond motifs is 1. The summed E-state index contributed by atoms with van der Waals surface area (Å²) in [6, 6.07) is 6.09. The number of aromatic amines is 1. The number of carbonyl (C=O) groups excluding carboxylic acids is 2. The zero-order valence-electron chi connectivity index (χ0n) is 18.1. The molecule has 0 spiro atoms. The first-order valence-electron chi connectivity index (χ1n) is 10.1. The molecule has 7 heteroatoms. The topological polar surface area (TPSA) is 65.6 Å². The SMILES string of the molecule is CCOC(=O)c1c(C)[nH]c(/C=C2\C(=O)N(CCCN(C)C)c3ccc(I)cc32)c1C. The maximum Gasteiger partial charge on any atom is 0.340 e. The van der Waals surface area contributed by atoms with Crippen LogP contribution in [0.15, 0.2) is 18.2 Å². The van der Waals surface area contributed by atoms with E-state index in [1.165, 1.54) is 0 Å². The summed E-state index contributed by atoms with van der Waals surface area (Å²) in [7, 11) is 4.07. The number of nitrogens with zero attached hydrogens (tertiary/aromatic N) is 2. The Morgan fingerprint density at radius 1 is 1.30 bits per heavy atom. The van der Waals surface area contributed by atoms with Crippen molar-refractivity contribution in [3.05, 3.63) is 49.8 Å². The number of ether oxygens (including phenoxy) is 1. The quantitative estimate of drug-likeness (QED) is 0.336. The first-order valence-corrected chi connectivity index (χ1v) is 11.2. The number of H-pyrrole nitrogens is 1. The van der Waals surface area contributed by atoms with Gasteiger partial charge in [-0.1, -0.05) is 0 Å². The van der Waals surface area contributed by atoms with Crippen molar-refractivity contribution in [2.75, 3.05) is 38.7 Å². The van der Waals surface area contributed by atoms with E-state index < -0.39 is 0 Å². The summed E-state index contributed by atoms with van der Waals surface area (Å²) in [6.07, 6.45) is 2.76. The number of aromatic nitrogens is 1. The molecule has 0 unspecified atom stereocenters. The van der Waals surface area contributed by atoms with E-state index in [-0.39, 0.29) is 11.9 Å². The summed E-state index contributed by atoms with van der Waals surface area (Å²) in [5.41, 5.74) is 5.36. The molecule has 0 saturated carbocycles. The summed E-state index contributed by atoms with van der Waals surface area (Å²) in [4.78, 5) is 32.9. The first kappa shape index (κ1) is 22.6. The average Bonchev–Trinajstić information content (AvgIpc) is 3.09. The van der Waals surface area contributed by atoms with E-state index in [2.05, 4.69) is 32.5 Å². The molecule has 160 valence electrons. The van der Waals surface area contributed by atoms with E-state index in [9.17, 15) is 9.59 Å². The maximum atomic E-state index is 13.3. The molecular weight excluding hydrogens is 493 g/mol. The Hall–Kier alpha value is -2.13. The van der Waals surface area contributed by atoms with Crippen LogP contribution in [0.25, 0.3) is 11.6 Å². The summed E-state index contributed by atoms with van der Waals surface area (Å²) in [5, 5.41) is 0. The van der Waals surface area contributed by atoms with E-state index in [1.807, 2.05) is 57.1 Å². The van der Waals surface area contributed by atoms with Crippen molar-refractivity contribution in [2.24, 2.45) is 0 Å². The third-order valence-electron chi connectivity index (χ3n) is 5.25. The number of esters is 1. The van der Waals surface area contributed by atoms with Gasteiger partial charge in [-0.05, 0) is 100 Å². The molecule has 6 nitrogen and oxygen atoms in total. The van der Waals surface area contributed by atoms with Gasteiger partial charge < -0.3 is 19.5 Å². The van der Waals surface area contributed by atoms with Crippen molar-refractivity contribution in [2.45, 2.75) is 27.2 Å². The number of benzene rings is 1. The number of rotatable bonds is 7. The van der Waals surface area contributed by atoms with Crippen molar-refractivity contribution in [1.82, 2.24) is 9.88 Å². The Morgan fingerprint density at radius 2 is 2.03 bits per heavy atom. The number of carbonyl (C=O) groups is 2. The number of aryl methyl sites for hydroxylation is 1. The Balaban J connectivity index is 2.01. The number of anilines is 1. The molecule has 1 aliphatic rings. The fourth-order valence-electron chi connectivity index (χ4n) is 3.81. The molecule has 0 radical (unpaired) electrons. The maximum absolute atomic E-state index is 13.3. The lowest BCUT2D eigenvalue weighted by Crippen LogP contribution is -2.29. The number of halogens is 1. The number of hydrogen-bond donors (Lipinski definition) is 1. The molecule has 3 rings (SSSR count). The molecule has 30 heavy (non-hydrogen) atoms. The van der Waals surface area contributed by atoms with Gasteiger partial charge in [0.25, 0.3) is 5.91 Å².